The summed E-state index contributed by atoms with van der Waals surface area (Å²) in [6.07, 6.45) is 7.91. The molecule has 0 N–H and O–H groups in total. The Morgan fingerprint density at radius 1 is 1.42 bits per heavy atom. The molecular weight excluding hydrogens is 148 g/mol. The van der Waals surface area contributed by atoms with Gasteiger partial charge in [-0.2, -0.15) is 0 Å². The molecule has 0 aromatic heterocycles. The maximum Gasteiger partial charge on any atom is 0.162 e. The summed E-state index contributed by atoms with van der Waals surface area (Å²) >= 11 is 0. The summed E-state index contributed by atoms with van der Waals surface area (Å²) in [5.74, 6) is 0.323. The first-order valence-electron chi connectivity index (χ1n) is 4.65. The number of allylic oxidation sites excluding steroid dienone is 4. The second-order valence-electron chi connectivity index (χ2n) is 3.28. The molecule has 0 atom stereocenters. The van der Waals surface area contributed by atoms with Crippen LogP contribution in [0, 0.1) is 0 Å². The minimum atomic E-state index is 0.323. The van der Waals surface area contributed by atoms with Crippen LogP contribution in [0.3, 0.4) is 0 Å². The molecule has 1 aliphatic carbocycles. The van der Waals surface area contributed by atoms with Crippen molar-refractivity contribution in [3.05, 3.63) is 23.3 Å². The van der Waals surface area contributed by atoms with Gasteiger partial charge in [-0.05, 0) is 26.2 Å². The minimum absolute atomic E-state index is 0.323. The molecule has 0 saturated heterocycles. The molecular formula is C11H16O. The minimum Gasteiger partial charge on any atom is -0.294 e. The van der Waals surface area contributed by atoms with Crippen LogP contribution in [-0.2, 0) is 4.79 Å². The molecule has 66 valence electrons. The van der Waals surface area contributed by atoms with E-state index < -0.39 is 0 Å². The number of hydrogen-bond acceptors (Lipinski definition) is 1. The van der Waals surface area contributed by atoms with Crippen molar-refractivity contribution in [2.75, 3.05) is 0 Å². The van der Waals surface area contributed by atoms with E-state index in [-0.39, 0.29) is 0 Å². The molecule has 1 aliphatic rings. The molecule has 1 rings (SSSR count). The van der Waals surface area contributed by atoms with Crippen molar-refractivity contribution in [1.29, 1.82) is 0 Å². The SMILES string of the molecule is CC/C=C/C1=C(C)CCCC1=O. The van der Waals surface area contributed by atoms with Gasteiger partial charge in [-0.1, -0.05) is 24.6 Å². The van der Waals surface area contributed by atoms with Crippen LogP contribution in [-0.4, -0.2) is 5.78 Å². The molecule has 1 heteroatoms. The maximum atomic E-state index is 11.4. The van der Waals surface area contributed by atoms with Gasteiger partial charge < -0.3 is 0 Å². The third-order valence-electron chi connectivity index (χ3n) is 2.24. The Morgan fingerprint density at radius 3 is 2.75 bits per heavy atom. The Bertz CT molecular complexity index is 233. The predicted molar refractivity (Wildman–Crippen MR) is 51.0 cm³/mol. The summed E-state index contributed by atoms with van der Waals surface area (Å²) in [4.78, 5) is 11.4. The first-order chi connectivity index (χ1) is 5.75. The highest BCUT2D eigenvalue weighted by Gasteiger charge is 2.14. The highest BCUT2D eigenvalue weighted by atomic mass is 16.1. The van der Waals surface area contributed by atoms with E-state index >= 15 is 0 Å². The fraction of sp³-hybridized carbons (Fsp3) is 0.545. The van der Waals surface area contributed by atoms with Crippen LogP contribution in [0.25, 0.3) is 0 Å². The first-order valence-corrected chi connectivity index (χ1v) is 4.65. The molecule has 0 spiro atoms. The second-order valence-corrected chi connectivity index (χ2v) is 3.28. The summed E-state index contributed by atoms with van der Waals surface area (Å²) in [5.41, 5.74) is 2.22. The Kier molecular flexibility index (Phi) is 3.27. The molecule has 0 unspecified atom stereocenters. The molecule has 0 aromatic rings. The van der Waals surface area contributed by atoms with E-state index in [2.05, 4.69) is 19.9 Å². The molecule has 0 aromatic carbocycles. The smallest absolute Gasteiger partial charge is 0.162 e. The van der Waals surface area contributed by atoms with Crippen molar-refractivity contribution < 1.29 is 4.79 Å². The lowest BCUT2D eigenvalue weighted by Gasteiger charge is -2.13. The Hall–Kier alpha value is -0.850. The third-order valence-corrected chi connectivity index (χ3v) is 2.24. The molecule has 0 radical (unpaired) electrons. The van der Waals surface area contributed by atoms with Crippen LogP contribution >= 0.6 is 0 Å². The van der Waals surface area contributed by atoms with Gasteiger partial charge >= 0.3 is 0 Å². The van der Waals surface area contributed by atoms with E-state index in [4.69, 9.17) is 0 Å². The van der Waals surface area contributed by atoms with Gasteiger partial charge in [0.1, 0.15) is 0 Å². The zero-order valence-corrected chi connectivity index (χ0v) is 7.89. The Labute approximate surface area is 74.2 Å². The molecule has 12 heavy (non-hydrogen) atoms. The van der Waals surface area contributed by atoms with Crippen LogP contribution in [0.2, 0.25) is 0 Å². The molecule has 1 nitrogen and oxygen atoms in total. The van der Waals surface area contributed by atoms with Gasteiger partial charge in [0.2, 0.25) is 0 Å². The van der Waals surface area contributed by atoms with Crippen molar-refractivity contribution in [2.24, 2.45) is 0 Å². The largest absolute Gasteiger partial charge is 0.294 e. The van der Waals surface area contributed by atoms with Gasteiger partial charge in [0.25, 0.3) is 0 Å². The van der Waals surface area contributed by atoms with E-state index in [1.165, 1.54) is 5.57 Å². The van der Waals surface area contributed by atoms with Crippen LogP contribution in [0.1, 0.15) is 39.5 Å². The average molecular weight is 164 g/mol. The highest BCUT2D eigenvalue weighted by molar-refractivity contribution is 5.99. The summed E-state index contributed by atoms with van der Waals surface area (Å²) in [5, 5.41) is 0. The maximum absolute atomic E-state index is 11.4. The van der Waals surface area contributed by atoms with E-state index in [1.807, 2.05) is 6.08 Å². The fourth-order valence-corrected chi connectivity index (χ4v) is 1.49. The quantitative estimate of drug-likeness (QED) is 0.613. The Morgan fingerprint density at radius 2 is 2.17 bits per heavy atom. The van der Waals surface area contributed by atoms with Gasteiger partial charge in [0.05, 0.1) is 0 Å². The van der Waals surface area contributed by atoms with Crippen LogP contribution in [0.4, 0.5) is 0 Å². The number of rotatable bonds is 2. The van der Waals surface area contributed by atoms with Crippen molar-refractivity contribution in [1.82, 2.24) is 0 Å². The van der Waals surface area contributed by atoms with Gasteiger partial charge in [0.15, 0.2) is 5.78 Å². The van der Waals surface area contributed by atoms with Crippen molar-refractivity contribution in [3.63, 3.8) is 0 Å². The zero-order valence-electron chi connectivity index (χ0n) is 7.89. The molecule has 0 fully saturated rings. The molecule has 0 bridgehead atoms. The Balaban J connectivity index is 2.81. The lowest BCUT2D eigenvalue weighted by atomic mass is 9.91. The number of ketones is 1. The van der Waals surface area contributed by atoms with Gasteiger partial charge in [-0.15, -0.1) is 0 Å². The summed E-state index contributed by atoms with van der Waals surface area (Å²) in [7, 11) is 0. The van der Waals surface area contributed by atoms with E-state index in [0.717, 1.165) is 31.3 Å². The van der Waals surface area contributed by atoms with E-state index in [9.17, 15) is 4.79 Å². The molecule has 0 heterocycles. The lowest BCUT2D eigenvalue weighted by molar-refractivity contribution is -0.115. The van der Waals surface area contributed by atoms with Crippen molar-refractivity contribution >= 4 is 5.78 Å². The van der Waals surface area contributed by atoms with E-state index in [1.54, 1.807) is 0 Å². The predicted octanol–water partition coefficient (Wildman–Crippen LogP) is 3.02. The summed E-state index contributed by atoms with van der Waals surface area (Å²) in [6, 6.07) is 0. The standard InChI is InChI=1S/C11H16O/c1-3-4-7-10-9(2)6-5-8-11(10)12/h4,7H,3,5-6,8H2,1-2H3/b7-4+. The monoisotopic (exact) mass is 164 g/mol. The number of hydrogen-bond donors (Lipinski definition) is 0. The van der Waals surface area contributed by atoms with Gasteiger partial charge in [0, 0.05) is 12.0 Å². The number of Topliss-reactive ketones (excluding diaryl/α,β-unsaturated/α-hetero) is 1. The van der Waals surface area contributed by atoms with Crippen LogP contribution in [0.5, 0.6) is 0 Å². The highest BCUT2D eigenvalue weighted by Crippen LogP contribution is 2.22. The fourth-order valence-electron chi connectivity index (χ4n) is 1.49. The van der Waals surface area contributed by atoms with Crippen molar-refractivity contribution in [3.8, 4) is 0 Å². The zero-order chi connectivity index (χ0) is 8.97. The van der Waals surface area contributed by atoms with Crippen LogP contribution < -0.4 is 0 Å². The number of carbonyl (C=O) groups is 1. The summed E-state index contributed by atoms with van der Waals surface area (Å²) in [6.45, 7) is 4.14. The van der Waals surface area contributed by atoms with Crippen LogP contribution in [0.15, 0.2) is 23.3 Å². The number of carbonyl (C=O) groups excluding carboxylic acids is 1. The van der Waals surface area contributed by atoms with Gasteiger partial charge in [-0.25, -0.2) is 0 Å². The summed E-state index contributed by atoms with van der Waals surface area (Å²) < 4.78 is 0. The lowest BCUT2D eigenvalue weighted by Crippen LogP contribution is -2.08. The second kappa shape index (κ2) is 4.24. The van der Waals surface area contributed by atoms with E-state index in [0.29, 0.717) is 5.78 Å². The average Bonchev–Trinajstić information content (AvgIpc) is 2.04. The third kappa shape index (κ3) is 2.07. The van der Waals surface area contributed by atoms with Gasteiger partial charge in [-0.3, -0.25) is 4.79 Å². The topological polar surface area (TPSA) is 17.1 Å². The van der Waals surface area contributed by atoms with Crippen molar-refractivity contribution in [2.45, 2.75) is 39.5 Å². The normalized spacial score (nSPS) is 19.3. The molecule has 0 saturated carbocycles. The molecule has 0 aliphatic heterocycles. The molecule has 0 amide bonds. The first kappa shape index (κ1) is 9.24.